The van der Waals surface area contributed by atoms with E-state index in [9.17, 15) is 16.8 Å². The fourth-order valence-corrected chi connectivity index (χ4v) is 4.47. The summed E-state index contributed by atoms with van der Waals surface area (Å²) >= 11 is 0. The minimum atomic E-state index is -3.83. The SMILES string of the molecule is Cc1ccc(S(=O)(=O)NC2C=CS(=O)(=O)C2)c(N)c1. The smallest absolute Gasteiger partial charge is 0.243 e. The summed E-state index contributed by atoms with van der Waals surface area (Å²) in [6.07, 6.45) is 1.32. The van der Waals surface area contributed by atoms with Crippen LogP contribution in [-0.2, 0) is 19.9 Å². The standard InChI is InChI=1S/C11H14N2O4S2/c1-8-2-3-11(10(12)6-8)19(16,17)13-9-4-5-18(14,15)7-9/h2-6,9,13H,7,12H2,1H3. The van der Waals surface area contributed by atoms with E-state index in [2.05, 4.69) is 4.72 Å². The van der Waals surface area contributed by atoms with E-state index in [-0.39, 0.29) is 16.3 Å². The van der Waals surface area contributed by atoms with E-state index < -0.39 is 25.9 Å². The Morgan fingerprint density at radius 1 is 1.37 bits per heavy atom. The summed E-state index contributed by atoms with van der Waals surface area (Å²) in [5.74, 6) is -0.266. The van der Waals surface area contributed by atoms with Crippen LogP contribution in [0.1, 0.15) is 5.56 Å². The highest BCUT2D eigenvalue weighted by atomic mass is 32.2. The second-order valence-electron chi connectivity index (χ2n) is 4.43. The van der Waals surface area contributed by atoms with Gasteiger partial charge in [-0.2, -0.15) is 0 Å². The molecule has 0 saturated heterocycles. The van der Waals surface area contributed by atoms with Gasteiger partial charge in [-0.05, 0) is 24.6 Å². The van der Waals surface area contributed by atoms with Gasteiger partial charge in [0.05, 0.1) is 17.5 Å². The van der Waals surface area contributed by atoms with Crippen LogP contribution in [0.25, 0.3) is 0 Å². The van der Waals surface area contributed by atoms with Crippen molar-refractivity contribution in [1.82, 2.24) is 4.72 Å². The van der Waals surface area contributed by atoms with Gasteiger partial charge in [0.15, 0.2) is 9.84 Å². The van der Waals surface area contributed by atoms with Crippen molar-refractivity contribution in [3.63, 3.8) is 0 Å². The topological polar surface area (TPSA) is 106 Å². The van der Waals surface area contributed by atoms with Crippen LogP contribution in [0, 0.1) is 6.92 Å². The van der Waals surface area contributed by atoms with Gasteiger partial charge in [-0.15, -0.1) is 0 Å². The third kappa shape index (κ3) is 3.14. The molecule has 1 heterocycles. The molecule has 0 saturated carbocycles. The van der Waals surface area contributed by atoms with Crippen LogP contribution in [-0.4, -0.2) is 28.6 Å². The van der Waals surface area contributed by atoms with Gasteiger partial charge in [-0.1, -0.05) is 12.1 Å². The number of aryl methyl sites for hydroxylation is 1. The van der Waals surface area contributed by atoms with Gasteiger partial charge in [0.2, 0.25) is 10.0 Å². The molecule has 1 aromatic carbocycles. The highest BCUT2D eigenvalue weighted by Crippen LogP contribution is 2.20. The first-order chi connectivity index (χ1) is 8.70. The Morgan fingerprint density at radius 3 is 2.58 bits per heavy atom. The number of nitrogens with one attached hydrogen (secondary N) is 1. The Bertz CT molecular complexity index is 736. The lowest BCUT2D eigenvalue weighted by Crippen LogP contribution is -2.35. The molecule has 0 aromatic heterocycles. The second-order valence-corrected chi connectivity index (χ2v) is 8.04. The average molecular weight is 302 g/mol. The molecule has 0 spiro atoms. The fourth-order valence-electron chi connectivity index (χ4n) is 1.82. The van der Waals surface area contributed by atoms with Crippen LogP contribution in [0.2, 0.25) is 0 Å². The van der Waals surface area contributed by atoms with Crippen LogP contribution in [0.5, 0.6) is 0 Å². The summed E-state index contributed by atoms with van der Waals surface area (Å²) < 4.78 is 49.0. The van der Waals surface area contributed by atoms with Gasteiger partial charge < -0.3 is 5.73 Å². The Morgan fingerprint density at radius 2 is 2.05 bits per heavy atom. The number of hydrogen-bond acceptors (Lipinski definition) is 5. The number of benzene rings is 1. The van der Waals surface area contributed by atoms with Crippen LogP contribution in [0.15, 0.2) is 34.6 Å². The van der Waals surface area contributed by atoms with Crippen molar-refractivity contribution in [3.8, 4) is 0 Å². The molecule has 0 fully saturated rings. The molecule has 0 aliphatic carbocycles. The zero-order chi connectivity index (χ0) is 14.3. The third-order valence-corrected chi connectivity index (χ3v) is 5.65. The highest BCUT2D eigenvalue weighted by Gasteiger charge is 2.27. The largest absolute Gasteiger partial charge is 0.398 e. The molecule has 1 unspecified atom stereocenters. The fraction of sp³-hybridized carbons (Fsp3) is 0.273. The van der Waals surface area contributed by atoms with E-state index in [4.69, 9.17) is 5.73 Å². The first kappa shape index (κ1) is 14.0. The Balaban J connectivity index is 2.27. The zero-order valence-electron chi connectivity index (χ0n) is 10.2. The van der Waals surface area contributed by atoms with E-state index in [1.54, 1.807) is 19.1 Å². The summed E-state index contributed by atoms with van der Waals surface area (Å²) in [6, 6.07) is 3.83. The number of anilines is 1. The molecule has 0 amide bonds. The van der Waals surface area contributed by atoms with Crippen molar-refractivity contribution >= 4 is 25.5 Å². The van der Waals surface area contributed by atoms with Crippen molar-refractivity contribution in [2.45, 2.75) is 17.9 Å². The lowest BCUT2D eigenvalue weighted by molar-refractivity contribution is 0.575. The number of hydrogen-bond donors (Lipinski definition) is 2. The van der Waals surface area contributed by atoms with E-state index in [0.717, 1.165) is 11.0 Å². The van der Waals surface area contributed by atoms with E-state index in [1.165, 1.54) is 12.1 Å². The number of sulfone groups is 1. The molecule has 2 rings (SSSR count). The van der Waals surface area contributed by atoms with Crippen molar-refractivity contribution in [2.75, 3.05) is 11.5 Å². The second kappa shape index (κ2) is 4.62. The van der Waals surface area contributed by atoms with Crippen molar-refractivity contribution in [3.05, 3.63) is 35.2 Å². The molecule has 3 N–H and O–H groups in total. The molecule has 0 radical (unpaired) electrons. The van der Waals surface area contributed by atoms with Gasteiger partial charge in [-0.3, -0.25) is 0 Å². The summed E-state index contributed by atoms with van der Waals surface area (Å²) in [6.45, 7) is 1.80. The summed E-state index contributed by atoms with van der Waals surface area (Å²) in [5.41, 5.74) is 6.66. The maximum atomic E-state index is 12.1. The maximum absolute atomic E-state index is 12.1. The first-order valence-electron chi connectivity index (χ1n) is 5.49. The van der Waals surface area contributed by atoms with Crippen LogP contribution < -0.4 is 10.5 Å². The molecule has 1 atom stereocenters. The normalized spacial score (nSPS) is 21.6. The van der Waals surface area contributed by atoms with Gasteiger partial charge >= 0.3 is 0 Å². The van der Waals surface area contributed by atoms with Crippen molar-refractivity contribution < 1.29 is 16.8 Å². The summed E-state index contributed by atoms with van der Waals surface area (Å²) in [4.78, 5) is -0.0456. The Hall–Kier alpha value is -1.38. The van der Waals surface area contributed by atoms with Gasteiger partial charge in [0.25, 0.3) is 0 Å². The summed E-state index contributed by atoms with van der Waals surface area (Å²) in [5, 5.41) is 1.01. The molecule has 6 nitrogen and oxygen atoms in total. The maximum Gasteiger partial charge on any atom is 0.243 e. The molecule has 104 valence electrons. The van der Waals surface area contributed by atoms with Gasteiger partial charge in [0.1, 0.15) is 4.90 Å². The van der Waals surface area contributed by atoms with Crippen LogP contribution in [0.4, 0.5) is 5.69 Å². The monoisotopic (exact) mass is 302 g/mol. The Labute approximate surface area is 112 Å². The number of nitrogen functional groups attached to an aromatic ring is 1. The summed E-state index contributed by atoms with van der Waals surface area (Å²) in [7, 11) is -7.14. The Kier molecular flexibility index (Phi) is 3.41. The average Bonchev–Trinajstić information content (AvgIpc) is 2.56. The highest BCUT2D eigenvalue weighted by molar-refractivity contribution is 7.94. The molecule has 1 aromatic rings. The van der Waals surface area contributed by atoms with E-state index in [1.807, 2.05) is 0 Å². The van der Waals surface area contributed by atoms with E-state index >= 15 is 0 Å². The molecule has 0 bridgehead atoms. The number of nitrogens with two attached hydrogens (primary N) is 1. The predicted molar refractivity (Wildman–Crippen MR) is 72.6 cm³/mol. The van der Waals surface area contributed by atoms with Crippen molar-refractivity contribution in [1.29, 1.82) is 0 Å². The molecule has 1 aliphatic rings. The quantitative estimate of drug-likeness (QED) is 0.774. The zero-order valence-corrected chi connectivity index (χ0v) is 11.8. The van der Waals surface area contributed by atoms with Crippen LogP contribution >= 0.6 is 0 Å². The van der Waals surface area contributed by atoms with Gasteiger partial charge in [0, 0.05) is 5.41 Å². The molecule has 19 heavy (non-hydrogen) atoms. The first-order valence-corrected chi connectivity index (χ1v) is 8.69. The van der Waals surface area contributed by atoms with Gasteiger partial charge in [-0.25, -0.2) is 21.6 Å². The third-order valence-electron chi connectivity index (χ3n) is 2.69. The molecule has 8 heteroatoms. The predicted octanol–water partition coefficient (Wildman–Crippen LogP) is 0.166. The molecular weight excluding hydrogens is 288 g/mol. The van der Waals surface area contributed by atoms with Crippen molar-refractivity contribution in [2.24, 2.45) is 0 Å². The molecular formula is C11H14N2O4S2. The van der Waals surface area contributed by atoms with Crippen LogP contribution in [0.3, 0.4) is 0 Å². The lowest BCUT2D eigenvalue weighted by Gasteiger charge is -2.12. The lowest BCUT2D eigenvalue weighted by atomic mass is 10.2. The number of sulfonamides is 1. The minimum absolute atomic E-state index is 0.0456. The number of rotatable bonds is 3. The molecule has 1 aliphatic heterocycles. The minimum Gasteiger partial charge on any atom is -0.398 e. The van der Waals surface area contributed by atoms with E-state index in [0.29, 0.717) is 0 Å².